The van der Waals surface area contributed by atoms with Crippen LogP contribution in [-0.2, 0) is 21.9 Å². The van der Waals surface area contributed by atoms with E-state index in [0.717, 1.165) is 37.0 Å². The zero-order valence-electron chi connectivity index (χ0n) is 24.2. The Morgan fingerprint density at radius 1 is 1.12 bits per heavy atom. The fraction of sp³-hybridized carbons (Fsp3) is 0.621. The smallest absolute Gasteiger partial charge is 0.348 e. The van der Waals surface area contributed by atoms with Gasteiger partial charge in [-0.1, -0.05) is 18.8 Å². The zero-order chi connectivity index (χ0) is 29.4. The van der Waals surface area contributed by atoms with Crippen molar-refractivity contribution in [2.45, 2.75) is 84.2 Å². The van der Waals surface area contributed by atoms with Crippen molar-refractivity contribution in [2.24, 2.45) is 24.3 Å². The number of thiophene rings is 1. The zero-order valence-corrected chi connectivity index (χ0v) is 25.9. The van der Waals surface area contributed by atoms with Gasteiger partial charge in [0.1, 0.15) is 10.7 Å². The van der Waals surface area contributed by atoms with Crippen molar-refractivity contribution in [1.82, 2.24) is 13.9 Å². The van der Waals surface area contributed by atoms with Crippen LogP contribution in [0.4, 0.5) is 5.69 Å². The van der Waals surface area contributed by atoms with E-state index >= 15 is 0 Å². The molecule has 0 unspecified atom stereocenters. The highest BCUT2D eigenvalue weighted by Crippen LogP contribution is 2.38. The lowest BCUT2D eigenvalue weighted by Gasteiger charge is -2.40. The highest BCUT2D eigenvalue weighted by atomic mass is 32.2. The third-order valence-electron chi connectivity index (χ3n) is 7.81. The first-order valence-corrected chi connectivity index (χ1v) is 16.2. The molecule has 0 bridgehead atoms. The third-order valence-corrected chi connectivity index (χ3v) is 10.6. The third kappa shape index (κ3) is 6.61. The van der Waals surface area contributed by atoms with Crippen LogP contribution in [0.3, 0.4) is 0 Å². The van der Waals surface area contributed by atoms with Gasteiger partial charge >= 0.3 is 5.97 Å². The molecule has 9 nitrogen and oxygen atoms in total. The summed E-state index contributed by atoms with van der Waals surface area (Å²) in [7, 11) is -2.02. The molecule has 2 fully saturated rings. The summed E-state index contributed by atoms with van der Waals surface area (Å²) in [5, 5.41) is 10.1. The van der Waals surface area contributed by atoms with Crippen LogP contribution < -0.4 is 4.90 Å². The van der Waals surface area contributed by atoms with E-state index in [1.807, 2.05) is 20.8 Å². The summed E-state index contributed by atoms with van der Waals surface area (Å²) < 4.78 is 29.7. The Balaban J connectivity index is 1.66. The summed E-state index contributed by atoms with van der Waals surface area (Å²) in [5.41, 5.74) is 0.118. The standard InChI is InChI=1S/C29H40N4O5S2/c1-19-7-9-21(10-8-19)27(34)33(24-17-23(11-14-29(3,4)5)39-26(24)28(35)36)22-12-15-32(16-13-22)40(37,38)25-18-31(6)20(2)30-25/h17-19,21-22H,7-10,12-13,15-16H2,1-6H3,(H,35,36)/t19-,21-. The van der Waals surface area contributed by atoms with E-state index < -0.39 is 16.0 Å². The molecule has 0 aromatic carbocycles. The molecule has 2 aromatic heterocycles. The second-order valence-electron chi connectivity index (χ2n) is 12.2. The molecule has 1 aliphatic heterocycles. The minimum atomic E-state index is -3.78. The summed E-state index contributed by atoms with van der Waals surface area (Å²) in [4.78, 5) is 33.1. The predicted molar refractivity (Wildman–Crippen MR) is 156 cm³/mol. The van der Waals surface area contributed by atoms with Crippen molar-refractivity contribution in [2.75, 3.05) is 18.0 Å². The van der Waals surface area contributed by atoms with E-state index in [-0.39, 0.29) is 46.3 Å². The first-order valence-electron chi connectivity index (χ1n) is 13.9. The van der Waals surface area contributed by atoms with Gasteiger partial charge < -0.3 is 14.6 Å². The van der Waals surface area contributed by atoms with Gasteiger partial charge in [0.2, 0.25) is 5.91 Å². The maximum atomic E-state index is 14.1. The van der Waals surface area contributed by atoms with Crippen LogP contribution >= 0.6 is 11.3 Å². The molecule has 11 heteroatoms. The molecule has 0 atom stereocenters. The topological polar surface area (TPSA) is 113 Å². The van der Waals surface area contributed by atoms with Crippen molar-refractivity contribution >= 4 is 38.9 Å². The number of hydrogen-bond donors (Lipinski definition) is 1. The molecule has 0 radical (unpaired) electrons. The average molecular weight is 589 g/mol. The highest BCUT2D eigenvalue weighted by molar-refractivity contribution is 7.89. The van der Waals surface area contributed by atoms with Gasteiger partial charge in [-0.2, -0.15) is 4.31 Å². The first kappa shape index (κ1) is 30.3. The van der Waals surface area contributed by atoms with E-state index in [9.17, 15) is 23.1 Å². The summed E-state index contributed by atoms with van der Waals surface area (Å²) in [5.74, 6) is 6.10. The number of nitrogens with zero attached hydrogens (tertiary/aromatic N) is 4. The first-order chi connectivity index (χ1) is 18.7. The molecular weight excluding hydrogens is 548 g/mol. The number of anilines is 1. The number of carboxylic acids is 1. The highest BCUT2D eigenvalue weighted by Gasteiger charge is 2.39. The van der Waals surface area contributed by atoms with E-state index in [1.54, 1.807) is 29.5 Å². The van der Waals surface area contributed by atoms with Crippen LogP contribution in [0.25, 0.3) is 0 Å². The van der Waals surface area contributed by atoms with Crippen LogP contribution in [0, 0.1) is 36.0 Å². The van der Waals surface area contributed by atoms with E-state index in [4.69, 9.17) is 0 Å². The fourth-order valence-corrected chi connectivity index (χ4v) is 7.68. The quantitative estimate of drug-likeness (QED) is 0.481. The van der Waals surface area contributed by atoms with Gasteiger partial charge in [0.05, 0.1) is 10.6 Å². The molecule has 40 heavy (non-hydrogen) atoms. The number of hydrogen-bond acceptors (Lipinski definition) is 6. The lowest BCUT2D eigenvalue weighted by Crippen LogP contribution is -2.51. The van der Waals surface area contributed by atoms with Gasteiger partial charge in [-0.3, -0.25) is 4.79 Å². The maximum Gasteiger partial charge on any atom is 0.348 e. The Kier molecular flexibility index (Phi) is 8.83. The van der Waals surface area contributed by atoms with Crippen LogP contribution in [0.2, 0.25) is 0 Å². The van der Waals surface area contributed by atoms with Crippen LogP contribution in [0.15, 0.2) is 17.3 Å². The number of amides is 1. The second kappa shape index (κ2) is 11.7. The van der Waals surface area contributed by atoms with Gasteiger partial charge in [0, 0.05) is 43.7 Å². The Morgan fingerprint density at radius 3 is 2.27 bits per heavy atom. The Bertz CT molecular complexity index is 1410. The molecular formula is C29H40N4O5S2. The number of rotatable bonds is 6. The summed E-state index contributed by atoms with van der Waals surface area (Å²) in [6.45, 7) is 10.3. The molecule has 218 valence electrons. The van der Waals surface area contributed by atoms with Gasteiger partial charge in [-0.05, 0) is 78.2 Å². The van der Waals surface area contributed by atoms with Gasteiger partial charge in [0.25, 0.3) is 10.0 Å². The fourth-order valence-electron chi connectivity index (χ4n) is 5.35. The number of carboxylic acid groups (broad SMARTS) is 1. The van der Waals surface area contributed by atoms with Crippen molar-refractivity contribution in [3.8, 4) is 11.8 Å². The lowest BCUT2D eigenvalue weighted by molar-refractivity contribution is -0.124. The Morgan fingerprint density at radius 2 is 1.75 bits per heavy atom. The molecule has 4 rings (SSSR count). The van der Waals surface area contributed by atoms with Crippen LogP contribution in [0.1, 0.15) is 86.6 Å². The second-order valence-corrected chi connectivity index (χ2v) is 15.1. The maximum absolute atomic E-state index is 14.1. The number of aryl methyl sites for hydroxylation is 2. The lowest BCUT2D eigenvalue weighted by atomic mass is 9.82. The Hall–Kier alpha value is -2.68. The number of aromatic carboxylic acids is 1. The molecule has 1 N–H and O–H groups in total. The molecule has 3 heterocycles. The van der Waals surface area contributed by atoms with Crippen molar-refractivity contribution in [1.29, 1.82) is 0 Å². The monoisotopic (exact) mass is 588 g/mol. The van der Waals surface area contributed by atoms with Crippen molar-refractivity contribution in [3.63, 3.8) is 0 Å². The summed E-state index contributed by atoms with van der Waals surface area (Å²) >= 11 is 1.09. The molecule has 2 aliphatic rings. The average Bonchev–Trinajstić information content (AvgIpc) is 3.47. The van der Waals surface area contributed by atoms with Crippen LogP contribution in [-0.4, -0.2) is 58.4 Å². The minimum Gasteiger partial charge on any atom is -0.477 e. The van der Waals surface area contributed by atoms with Gasteiger partial charge in [-0.15, -0.1) is 11.3 Å². The SMILES string of the molecule is Cc1nc(S(=O)(=O)N2CCC(N(c3cc(C#CC(C)(C)C)sc3C(=O)O)C(=O)[C@H]3CC[C@H](C)CC3)CC2)cn1C. The number of imidazole rings is 1. The summed E-state index contributed by atoms with van der Waals surface area (Å²) in [6.07, 6.45) is 5.78. The number of carbonyl (C=O) groups is 2. The van der Waals surface area contributed by atoms with Crippen LogP contribution in [0.5, 0.6) is 0 Å². The number of sulfonamides is 1. The van der Waals surface area contributed by atoms with Crippen molar-refractivity contribution in [3.05, 3.63) is 27.8 Å². The van der Waals surface area contributed by atoms with Gasteiger partial charge in [0.15, 0.2) is 5.03 Å². The normalized spacial score (nSPS) is 21.1. The number of carbonyl (C=O) groups excluding carboxylic acids is 1. The van der Waals surface area contributed by atoms with Crippen molar-refractivity contribution < 1.29 is 23.1 Å². The number of piperidine rings is 1. The molecule has 0 spiro atoms. The van der Waals surface area contributed by atoms with E-state index in [1.165, 1.54) is 10.5 Å². The number of aromatic nitrogens is 2. The molecule has 2 aromatic rings. The molecule has 1 saturated carbocycles. The summed E-state index contributed by atoms with van der Waals surface area (Å²) in [6, 6.07) is 1.41. The van der Waals surface area contributed by atoms with Gasteiger partial charge in [-0.25, -0.2) is 18.2 Å². The van der Waals surface area contributed by atoms with E-state index in [2.05, 4.69) is 23.7 Å². The minimum absolute atomic E-state index is 0.0169. The molecule has 1 saturated heterocycles. The Labute approximate surface area is 241 Å². The molecule has 1 aliphatic carbocycles. The largest absolute Gasteiger partial charge is 0.477 e. The van der Waals surface area contributed by atoms with E-state index in [0.29, 0.717) is 35.1 Å². The molecule has 1 amide bonds. The predicted octanol–water partition coefficient (Wildman–Crippen LogP) is 4.90.